The molecule has 2 fully saturated rings. The van der Waals surface area contributed by atoms with Crippen LogP contribution in [0.15, 0.2) is 28.9 Å². The molecule has 132 valence electrons. The monoisotopic (exact) mass is 340 g/mol. The van der Waals surface area contributed by atoms with Gasteiger partial charge in [-0.1, -0.05) is 17.6 Å². The molecule has 1 saturated carbocycles. The summed E-state index contributed by atoms with van der Waals surface area (Å²) in [5, 5.41) is 4.08. The van der Waals surface area contributed by atoms with Crippen LogP contribution in [0.1, 0.15) is 44.3 Å². The summed E-state index contributed by atoms with van der Waals surface area (Å²) in [7, 11) is 0. The van der Waals surface area contributed by atoms with Crippen molar-refractivity contribution in [3.8, 4) is 11.6 Å². The lowest BCUT2D eigenvalue weighted by Crippen LogP contribution is -2.44. The van der Waals surface area contributed by atoms with Gasteiger partial charge in [0.15, 0.2) is 5.82 Å². The van der Waals surface area contributed by atoms with Crippen molar-refractivity contribution in [2.75, 3.05) is 13.1 Å². The maximum Gasteiger partial charge on any atom is 0.276 e. The molecular weight excluding hydrogens is 316 g/mol. The van der Waals surface area contributed by atoms with Crippen LogP contribution < -0.4 is 0 Å². The van der Waals surface area contributed by atoms with Crippen LogP contribution in [0.25, 0.3) is 11.6 Å². The number of carbonyl (C=O) groups is 1. The van der Waals surface area contributed by atoms with Crippen LogP contribution in [-0.4, -0.2) is 39.0 Å². The Labute approximate surface area is 147 Å². The predicted octanol–water partition coefficient (Wildman–Crippen LogP) is 3.10. The van der Waals surface area contributed by atoms with Crippen molar-refractivity contribution in [2.45, 2.75) is 44.9 Å². The number of pyridine rings is 1. The van der Waals surface area contributed by atoms with Gasteiger partial charge in [0.25, 0.3) is 5.89 Å². The highest BCUT2D eigenvalue weighted by Gasteiger charge is 2.32. The smallest absolute Gasteiger partial charge is 0.276 e. The molecule has 2 aromatic heterocycles. The maximum atomic E-state index is 12.4. The molecule has 1 saturated heterocycles. The zero-order valence-electron chi connectivity index (χ0n) is 14.4. The minimum absolute atomic E-state index is 0.303. The number of aryl methyl sites for hydroxylation is 1. The molecule has 25 heavy (non-hydrogen) atoms. The molecule has 1 atom stereocenters. The second kappa shape index (κ2) is 7.33. The standard InChI is InChI=1S/C19H24N4O2/c24-19(15-6-3-7-15)23-12-4-5-14(13-23)9-10-17-21-18(25-22-17)16-8-1-2-11-20-16/h1-2,8,11,14-15H,3-7,9-10,12-13H2. The molecule has 6 heteroatoms. The molecule has 0 bridgehead atoms. The van der Waals surface area contributed by atoms with Crippen LogP contribution in [0.4, 0.5) is 0 Å². The highest BCUT2D eigenvalue weighted by atomic mass is 16.5. The van der Waals surface area contributed by atoms with E-state index in [1.165, 1.54) is 12.8 Å². The summed E-state index contributed by atoms with van der Waals surface area (Å²) < 4.78 is 5.32. The number of hydrogen-bond acceptors (Lipinski definition) is 5. The number of likely N-dealkylation sites (tertiary alicyclic amines) is 1. The van der Waals surface area contributed by atoms with E-state index in [-0.39, 0.29) is 0 Å². The minimum atomic E-state index is 0.303. The molecule has 0 radical (unpaired) electrons. The van der Waals surface area contributed by atoms with Gasteiger partial charge in [-0.2, -0.15) is 4.98 Å². The van der Waals surface area contributed by atoms with E-state index in [0.29, 0.717) is 29.3 Å². The van der Waals surface area contributed by atoms with Gasteiger partial charge in [-0.05, 0) is 50.2 Å². The zero-order chi connectivity index (χ0) is 17.1. The lowest BCUT2D eigenvalue weighted by molar-refractivity contribution is -0.140. The molecule has 6 nitrogen and oxygen atoms in total. The number of hydrogen-bond donors (Lipinski definition) is 0. The summed E-state index contributed by atoms with van der Waals surface area (Å²) in [6, 6.07) is 5.63. The zero-order valence-corrected chi connectivity index (χ0v) is 14.4. The van der Waals surface area contributed by atoms with Gasteiger partial charge in [-0.15, -0.1) is 0 Å². The van der Waals surface area contributed by atoms with Crippen molar-refractivity contribution in [3.05, 3.63) is 30.2 Å². The number of carbonyl (C=O) groups excluding carboxylic acids is 1. The van der Waals surface area contributed by atoms with Gasteiger partial charge >= 0.3 is 0 Å². The van der Waals surface area contributed by atoms with Gasteiger partial charge in [0, 0.05) is 31.6 Å². The van der Waals surface area contributed by atoms with Gasteiger partial charge in [0.1, 0.15) is 5.69 Å². The Morgan fingerprint density at radius 2 is 2.16 bits per heavy atom. The van der Waals surface area contributed by atoms with Crippen LogP contribution >= 0.6 is 0 Å². The van der Waals surface area contributed by atoms with Crippen LogP contribution in [-0.2, 0) is 11.2 Å². The average Bonchev–Trinajstić information content (AvgIpc) is 3.08. The van der Waals surface area contributed by atoms with Gasteiger partial charge in [0.05, 0.1) is 0 Å². The Bertz CT molecular complexity index is 711. The maximum absolute atomic E-state index is 12.4. The van der Waals surface area contributed by atoms with E-state index in [0.717, 1.165) is 51.0 Å². The van der Waals surface area contributed by atoms with Crippen molar-refractivity contribution < 1.29 is 9.32 Å². The van der Waals surface area contributed by atoms with E-state index in [1.807, 2.05) is 18.2 Å². The van der Waals surface area contributed by atoms with Gasteiger partial charge < -0.3 is 9.42 Å². The van der Waals surface area contributed by atoms with Crippen LogP contribution in [0, 0.1) is 11.8 Å². The lowest BCUT2D eigenvalue weighted by atomic mass is 9.83. The second-order valence-corrected chi connectivity index (χ2v) is 7.19. The number of rotatable bonds is 5. The Balaban J connectivity index is 1.30. The van der Waals surface area contributed by atoms with Crippen molar-refractivity contribution >= 4 is 5.91 Å². The lowest BCUT2D eigenvalue weighted by Gasteiger charge is -2.37. The minimum Gasteiger partial charge on any atom is -0.342 e. The number of nitrogens with zero attached hydrogens (tertiary/aromatic N) is 4. The first kappa shape index (κ1) is 16.2. The number of amides is 1. The van der Waals surface area contributed by atoms with Crippen LogP contribution in [0.2, 0.25) is 0 Å². The summed E-state index contributed by atoms with van der Waals surface area (Å²) in [6.45, 7) is 1.82. The number of aromatic nitrogens is 3. The summed E-state index contributed by atoms with van der Waals surface area (Å²) in [5.41, 5.74) is 0.705. The average molecular weight is 340 g/mol. The Morgan fingerprint density at radius 3 is 2.92 bits per heavy atom. The third-order valence-electron chi connectivity index (χ3n) is 5.41. The summed E-state index contributed by atoms with van der Waals surface area (Å²) in [6.07, 6.45) is 9.16. The third kappa shape index (κ3) is 3.72. The highest BCUT2D eigenvalue weighted by molar-refractivity contribution is 5.79. The second-order valence-electron chi connectivity index (χ2n) is 7.19. The molecule has 1 unspecified atom stereocenters. The SMILES string of the molecule is O=C(C1CCC1)N1CCCC(CCc2noc(-c3ccccn3)n2)C1. The molecule has 3 heterocycles. The molecule has 1 aliphatic heterocycles. The van der Waals surface area contributed by atoms with E-state index >= 15 is 0 Å². The van der Waals surface area contributed by atoms with E-state index in [2.05, 4.69) is 20.0 Å². The molecule has 1 aliphatic carbocycles. The predicted molar refractivity (Wildman–Crippen MR) is 92.5 cm³/mol. The molecule has 4 rings (SSSR count). The molecular formula is C19H24N4O2. The fourth-order valence-corrected chi connectivity index (χ4v) is 3.70. The van der Waals surface area contributed by atoms with Crippen LogP contribution in [0.3, 0.4) is 0 Å². The van der Waals surface area contributed by atoms with E-state index in [9.17, 15) is 4.79 Å². The fraction of sp³-hybridized carbons (Fsp3) is 0.579. The van der Waals surface area contributed by atoms with Gasteiger partial charge in [0.2, 0.25) is 5.91 Å². The molecule has 0 spiro atoms. The van der Waals surface area contributed by atoms with E-state index in [4.69, 9.17) is 4.52 Å². The summed E-state index contributed by atoms with van der Waals surface area (Å²) >= 11 is 0. The van der Waals surface area contributed by atoms with Crippen molar-refractivity contribution in [1.29, 1.82) is 0 Å². The first-order chi connectivity index (χ1) is 12.3. The first-order valence-corrected chi connectivity index (χ1v) is 9.32. The quantitative estimate of drug-likeness (QED) is 0.836. The summed E-state index contributed by atoms with van der Waals surface area (Å²) in [5.74, 6) is 2.42. The molecule has 0 aromatic carbocycles. The molecule has 2 aromatic rings. The molecule has 0 N–H and O–H groups in total. The van der Waals surface area contributed by atoms with Gasteiger partial charge in [-0.25, -0.2) is 0 Å². The van der Waals surface area contributed by atoms with Crippen molar-refractivity contribution in [1.82, 2.24) is 20.0 Å². The highest BCUT2D eigenvalue weighted by Crippen LogP contribution is 2.30. The van der Waals surface area contributed by atoms with E-state index in [1.54, 1.807) is 6.20 Å². The fourth-order valence-electron chi connectivity index (χ4n) is 3.70. The largest absolute Gasteiger partial charge is 0.342 e. The Morgan fingerprint density at radius 1 is 1.24 bits per heavy atom. The third-order valence-corrected chi connectivity index (χ3v) is 5.41. The van der Waals surface area contributed by atoms with Gasteiger partial charge in [-0.3, -0.25) is 9.78 Å². The first-order valence-electron chi connectivity index (χ1n) is 9.32. The van der Waals surface area contributed by atoms with Crippen LogP contribution in [0.5, 0.6) is 0 Å². The summed E-state index contributed by atoms with van der Waals surface area (Å²) in [4.78, 5) is 23.2. The number of piperidine rings is 1. The Hall–Kier alpha value is -2.24. The molecule has 2 aliphatic rings. The van der Waals surface area contributed by atoms with Crippen molar-refractivity contribution in [3.63, 3.8) is 0 Å². The molecule has 1 amide bonds. The van der Waals surface area contributed by atoms with E-state index < -0.39 is 0 Å². The Kier molecular flexibility index (Phi) is 4.76. The normalized spacial score (nSPS) is 21.1. The topological polar surface area (TPSA) is 72.1 Å². The van der Waals surface area contributed by atoms with Crippen molar-refractivity contribution in [2.24, 2.45) is 11.8 Å².